The Morgan fingerprint density at radius 3 is 2.30 bits per heavy atom. The van der Waals surface area contributed by atoms with Crippen molar-refractivity contribution in [2.75, 3.05) is 44.2 Å². The predicted molar refractivity (Wildman–Crippen MR) is 140 cm³/mol. The van der Waals surface area contributed by atoms with Crippen LogP contribution in [-0.2, 0) is 18.7 Å². The second-order valence-electron chi connectivity index (χ2n) is 11.3. The summed E-state index contributed by atoms with van der Waals surface area (Å²) in [6.45, 7) is 2.34. The first kappa shape index (κ1) is 29.4. The van der Waals surface area contributed by atoms with Gasteiger partial charge in [0.2, 0.25) is 11.8 Å². The molecule has 2 aliphatic heterocycles. The van der Waals surface area contributed by atoms with Crippen LogP contribution in [0.4, 0.5) is 10.1 Å². The number of halogens is 1. The molecule has 0 bridgehead atoms. The molecule has 0 aromatic heterocycles. The van der Waals surface area contributed by atoms with Crippen molar-refractivity contribution in [3.63, 3.8) is 0 Å². The molecular formula is C26H37FN3O9P. The third-order valence-corrected chi connectivity index (χ3v) is 8.97. The third kappa shape index (κ3) is 6.67. The number of fused-ring (bicyclic) bond motifs is 1. The maximum Gasteiger partial charge on any atom is 0.469 e. The molecule has 2 saturated heterocycles. The van der Waals surface area contributed by atoms with Gasteiger partial charge >= 0.3 is 7.82 Å². The van der Waals surface area contributed by atoms with Crippen molar-refractivity contribution in [1.82, 2.24) is 9.80 Å². The van der Waals surface area contributed by atoms with Gasteiger partial charge in [-0.15, -0.1) is 0 Å². The molecule has 4 aliphatic rings. The Morgan fingerprint density at radius 1 is 1.00 bits per heavy atom. The minimum atomic E-state index is -4.88. The molecule has 0 radical (unpaired) electrons. The molecule has 5 atom stereocenters. The molecule has 5 rings (SSSR count). The fourth-order valence-electron chi connectivity index (χ4n) is 6.43. The summed E-state index contributed by atoms with van der Waals surface area (Å²) in [6, 6.07) is 4.58. The summed E-state index contributed by atoms with van der Waals surface area (Å²) in [7, 11) is -4.88. The lowest BCUT2D eigenvalue weighted by molar-refractivity contribution is -0.141. The highest BCUT2D eigenvalue weighted by Gasteiger charge is 2.53. The summed E-state index contributed by atoms with van der Waals surface area (Å²) in [5.74, 6) is -2.39. The Morgan fingerprint density at radius 2 is 1.65 bits per heavy atom. The molecule has 40 heavy (non-hydrogen) atoms. The van der Waals surface area contributed by atoms with Crippen LogP contribution in [0, 0.1) is 17.7 Å². The van der Waals surface area contributed by atoms with E-state index >= 15 is 0 Å². The van der Waals surface area contributed by atoms with Gasteiger partial charge in [-0.25, -0.2) is 8.96 Å². The van der Waals surface area contributed by atoms with Crippen molar-refractivity contribution in [3.05, 3.63) is 24.0 Å². The van der Waals surface area contributed by atoms with E-state index in [4.69, 9.17) is 14.5 Å². The largest absolute Gasteiger partial charge is 0.488 e. The number of phosphoric acid groups is 1. The molecule has 2 amide bonds. The SMILES string of the molecule is O=C1C2CC(O)C(OP(=O)(O)O)CC2C(=O)N1CC(O)CN1CCN(c2cc(F)ccc2OC2CCCC2)CC1. The van der Waals surface area contributed by atoms with E-state index in [0.29, 0.717) is 37.6 Å². The predicted octanol–water partition coefficient (Wildman–Crippen LogP) is 0.864. The van der Waals surface area contributed by atoms with Crippen molar-refractivity contribution >= 4 is 25.3 Å². The fraction of sp³-hybridized carbons (Fsp3) is 0.692. The zero-order chi connectivity index (χ0) is 28.6. The third-order valence-electron chi connectivity index (χ3n) is 8.43. The van der Waals surface area contributed by atoms with Crippen molar-refractivity contribution in [2.45, 2.75) is 62.9 Å². The summed E-state index contributed by atoms with van der Waals surface area (Å²) in [6.07, 6.45) is 0.482. The van der Waals surface area contributed by atoms with Gasteiger partial charge in [0.1, 0.15) is 11.6 Å². The number of likely N-dealkylation sites (tertiary alicyclic amines) is 1. The molecule has 12 nitrogen and oxygen atoms in total. The van der Waals surface area contributed by atoms with Gasteiger partial charge in [0.05, 0.1) is 48.5 Å². The number of rotatable bonds is 9. The quantitative estimate of drug-likeness (QED) is 0.240. The number of ether oxygens (including phenoxy) is 1. The van der Waals surface area contributed by atoms with E-state index in [1.165, 1.54) is 12.1 Å². The lowest BCUT2D eigenvalue weighted by Gasteiger charge is -2.38. The number of nitrogens with zero attached hydrogens (tertiary/aromatic N) is 3. The first-order valence-corrected chi connectivity index (χ1v) is 15.4. The van der Waals surface area contributed by atoms with Gasteiger partial charge in [-0.05, 0) is 50.7 Å². The van der Waals surface area contributed by atoms with Crippen molar-refractivity contribution in [2.24, 2.45) is 11.8 Å². The second kappa shape index (κ2) is 12.0. The Balaban J connectivity index is 1.14. The summed E-state index contributed by atoms with van der Waals surface area (Å²) in [5.41, 5.74) is 0.714. The van der Waals surface area contributed by atoms with E-state index in [-0.39, 0.29) is 37.9 Å². The van der Waals surface area contributed by atoms with Gasteiger partial charge < -0.3 is 29.6 Å². The maximum atomic E-state index is 14.1. The number of anilines is 1. The zero-order valence-corrected chi connectivity index (χ0v) is 23.1. The average Bonchev–Trinajstić information content (AvgIpc) is 3.48. The number of carbonyl (C=O) groups excluding carboxylic acids is 2. The molecule has 1 aromatic rings. The summed E-state index contributed by atoms with van der Waals surface area (Å²) < 4.78 is 36.1. The molecule has 0 spiro atoms. The normalized spacial score (nSPS) is 29.2. The minimum absolute atomic E-state index is 0.147. The monoisotopic (exact) mass is 585 g/mol. The van der Waals surface area contributed by atoms with E-state index in [1.807, 2.05) is 4.90 Å². The maximum absolute atomic E-state index is 14.1. The topological polar surface area (TPSA) is 160 Å². The Labute approximate surface area is 231 Å². The van der Waals surface area contributed by atoms with Crippen LogP contribution in [-0.4, -0.2) is 105 Å². The molecule has 2 aliphatic carbocycles. The molecular weight excluding hydrogens is 548 g/mol. The van der Waals surface area contributed by atoms with Gasteiger partial charge in [0.25, 0.3) is 0 Å². The Hall–Kier alpha value is -2.12. The summed E-state index contributed by atoms with van der Waals surface area (Å²) >= 11 is 0. The molecule has 2 saturated carbocycles. The molecule has 4 N–H and O–H groups in total. The second-order valence-corrected chi connectivity index (χ2v) is 12.4. The van der Waals surface area contributed by atoms with Crippen LogP contribution in [0.1, 0.15) is 38.5 Å². The molecule has 222 valence electrons. The highest BCUT2D eigenvalue weighted by molar-refractivity contribution is 7.46. The van der Waals surface area contributed by atoms with E-state index in [2.05, 4.69) is 9.42 Å². The number of benzene rings is 1. The molecule has 2 heterocycles. The number of amides is 2. The number of phosphoric ester groups is 1. The van der Waals surface area contributed by atoms with Gasteiger partial charge in [-0.1, -0.05) is 0 Å². The van der Waals surface area contributed by atoms with Crippen LogP contribution in [0.2, 0.25) is 0 Å². The van der Waals surface area contributed by atoms with Crippen LogP contribution in [0.5, 0.6) is 5.75 Å². The Bertz CT molecular complexity index is 1140. The molecule has 14 heteroatoms. The lowest BCUT2D eigenvalue weighted by atomic mass is 9.78. The number of β-amino-alcohol motifs (C(OH)–C–C–N with tert-alkyl or cyclic N) is 1. The smallest absolute Gasteiger partial charge is 0.469 e. The van der Waals surface area contributed by atoms with E-state index < -0.39 is 49.8 Å². The van der Waals surface area contributed by atoms with Gasteiger partial charge in [0, 0.05) is 38.8 Å². The highest BCUT2D eigenvalue weighted by atomic mass is 31.2. The van der Waals surface area contributed by atoms with E-state index in [0.717, 1.165) is 30.6 Å². The number of imide groups is 1. The number of aliphatic hydroxyl groups is 2. The lowest BCUT2D eigenvalue weighted by Crippen LogP contribution is -2.50. The first-order valence-electron chi connectivity index (χ1n) is 13.9. The first-order chi connectivity index (χ1) is 19.0. The van der Waals surface area contributed by atoms with Crippen molar-refractivity contribution in [3.8, 4) is 5.75 Å². The van der Waals surface area contributed by atoms with Crippen molar-refractivity contribution in [1.29, 1.82) is 0 Å². The molecule has 5 unspecified atom stereocenters. The Kier molecular flexibility index (Phi) is 8.82. The van der Waals surface area contributed by atoms with E-state index in [1.54, 1.807) is 6.07 Å². The van der Waals surface area contributed by atoms with Gasteiger partial charge in [0.15, 0.2) is 0 Å². The van der Waals surface area contributed by atoms with Crippen LogP contribution < -0.4 is 9.64 Å². The van der Waals surface area contributed by atoms with Crippen LogP contribution in [0.25, 0.3) is 0 Å². The number of hydrogen-bond acceptors (Lipinski definition) is 9. The van der Waals surface area contributed by atoms with Gasteiger partial charge in [-0.3, -0.25) is 23.9 Å². The fourth-order valence-corrected chi connectivity index (χ4v) is 7.01. The average molecular weight is 586 g/mol. The van der Waals surface area contributed by atoms with Crippen LogP contribution in [0.3, 0.4) is 0 Å². The standard InChI is InChI=1S/C26H37FN3O9P/c27-16-5-6-23(38-18-3-1-2-4-18)21(11-16)29-9-7-28(8-10-29)14-17(31)15-30-25(33)19-12-22(32)24(39-40(35,36)37)13-20(19)26(30)34/h5-6,11,17-20,22,24,31-32H,1-4,7-10,12-15H2,(H2,35,36,37). The number of aliphatic hydroxyl groups excluding tert-OH is 2. The van der Waals surface area contributed by atoms with E-state index in [9.17, 15) is 28.8 Å². The zero-order valence-electron chi connectivity index (χ0n) is 22.2. The summed E-state index contributed by atoms with van der Waals surface area (Å²) in [5, 5.41) is 21.0. The molecule has 4 fully saturated rings. The number of carbonyl (C=O) groups is 2. The van der Waals surface area contributed by atoms with Crippen molar-refractivity contribution < 1.29 is 47.8 Å². The number of piperazine rings is 1. The van der Waals surface area contributed by atoms with Crippen LogP contribution >= 0.6 is 7.82 Å². The van der Waals surface area contributed by atoms with Crippen LogP contribution in [0.15, 0.2) is 18.2 Å². The molecule has 1 aromatic carbocycles. The van der Waals surface area contributed by atoms with Gasteiger partial charge in [-0.2, -0.15) is 0 Å². The summed E-state index contributed by atoms with van der Waals surface area (Å²) in [4.78, 5) is 49.2. The highest BCUT2D eigenvalue weighted by Crippen LogP contribution is 2.46. The number of hydrogen-bond donors (Lipinski definition) is 4. The minimum Gasteiger partial charge on any atom is -0.488 e.